The fourth-order valence-corrected chi connectivity index (χ4v) is 4.47. The summed E-state index contributed by atoms with van der Waals surface area (Å²) < 4.78 is 5.36. The van der Waals surface area contributed by atoms with Gasteiger partial charge in [0.25, 0.3) is 5.91 Å². The van der Waals surface area contributed by atoms with Crippen LogP contribution in [-0.2, 0) is 4.79 Å². The monoisotopic (exact) mass is 394 g/mol. The third-order valence-corrected chi connectivity index (χ3v) is 5.93. The van der Waals surface area contributed by atoms with E-state index in [1.165, 1.54) is 22.5 Å². The molecule has 1 unspecified atom stereocenters. The fraction of sp³-hybridized carbons (Fsp3) is 0.273. The van der Waals surface area contributed by atoms with Crippen molar-refractivity contribution in [2.75, 3.05) is 4.90 Å². The molecular formula is C22H22N2O3S. The van der Waals surface area contributed by atoms with E-state index in [1.54, 1.807) is 12.1 Å². The van der Waals surface area contributed by atoms with Gasteiger partial charge in [-0.15, -0.1) is 11.3 Å². The van der Waals surface area contributed by atoms with Crippen LogP contribution in [0.2, 0.25) is 0 Å². The molecule has 6 heteroatoms. The standard InChI is InChI=1S/C22H22N2O3S/c25-21(23-16-8-4-5-9-16)20(19-13-7-15-28-19)24(17-10-2-1-3-11-17)22(26)18-12-6-14-27-18/h1-3,6-7,10-16,20H,4-5,8-9H2,(H,23,25). The molecule has 0 bridgehead atoms. The fourth-order valence-electron chi connectivity index (χ4n) is 3.66. The number of hydrogen-bond donors (Lipinski definition) is 1. The smallest absolute Gasteiger partial charge is 0.295 e. The molecule has 0 radical (unpaired) electrons. The number of anilines is 1. The molecule has 0 spiro atoms. The molecule has 28 heavy (non-hydrogen) atoms. The van der Waals surface area contributed by atoms with Gasteiger partial charge in [0, 0.05) is 16.6 Å². The lowest BCUT2D eigenvalue weighted by Gasteiger charge is -2.30. The Hall–Kier alpha value is -2.86. The van der Waals surface area contributed by atoms with Crippen molar-refractivity contribution in [2.45, 2.75) is 37.8 Å². The van der Waals surface area contributed by atoms with Crippen LogP contribution in [0.25, 0.3) is 0 Å². The van der Waals surface area contributed by atoms with E-state index in [-0.39, 0.29) is 23.6 Å². The Kier molecular flexibility index (Phi) is 5.58. The topological polar surface area (TPSA) is 62.6 Å². The van der Waals surface area contributed by atoms with Gasteiger partial charge in [-0.25, -0.2) is 0 Å². The van der Waals surface area contributed by atoms with E-state index in [0.29, 0.717) is 5.69 Å². The van der Waals surface area contributed by atoms with E-state index in [2.05, 4.69) is 5.32 Å². The molecule has 1 aliphatic carbocycles. The molecule has 0 aliphatic heterocycles. The van der Waals surface area contributed by atoms with Gasteiger partial charge < -0.3 is 9.73 Å². The van der Waals surface area contributed by atoms with Crippen molar-refractivity contribution in [1.29, 1.82) is 0 Å². The van der Waals surface area contributed by atoms with Crippen molar-refractivity contribution >= 4 is 28.8 Å². The van der Waals surface area contributed by atoms with Crippen LogP contribution in [-0.4, -0.2) is 17.9 Å². The molecule has 2 amide bonds. The molecule has 2 heterocycles. The summed E-state index contributed by atoms with van der Waals surface area (Å²) in [6, 6.07) is 15.8. The number of carbonyl (C=O) groups excluding carboxylic acids is 2. The van der Waals surface area contributed by atoms with Crippen LogP contribution in [0.3, 0.4) is 0 Å². The van der Waals surface area contributed by atoms with E-state index in [1.807, 2.05) is 47.8 Å². The average molecular weight is 394 g/mol. The van der Waals surface area contributed by atoms with Gasteiger partial charge in [-0.3, -0.25) is 14.5 Å². The minimum atomic E-state index is -0.749. The van der Waals surface area contributed by atoms with Gasteiger partial charge in [0.1, 0.15) is 0 Å². The molecule has 1 N–H and O–H groups in total. The molecule has 3 aromatic rings. The number of hydrogen-bond acceptors (Lipinski definition) is 4. The average Bonchev–Trinajstić information content (AvgIpc) is 3.49. The maximum Gasteiger partial charge on any atom is 0.295 e. The second kappa shape index (κ2) is 8.44. The summed E-state index contributed by atoms with van der Waals surface area (Å²) >= 11 is 1.47. The maximum absolute atomic E-state index is 13.4. The van der Waals surface area contributed by atoms with Crippen LogP contribution >= 0.6 is 11.3 Å². The molecule has 0 saturated heterocycles. The first-order chi connectivity index (χ1) is 13.7. The Balaban J connectivity index is 1.74. The molecule has 1 atom stereocenters. The van der Waals surface area contributed by atoms with Crippen molar-refractivity contribution < 1.29 is 14.0 Å². The Labute approximate surface area is 168 Å². The van der Waals surface area contributed by atoms with E-state index < -0.39 is 6.04 Å². The van der Waals surface area contributed by atoms with Crippen molar-refractivity contribution in [3.63, 3.8) is 0 Å². The normalized spacial score (nSPS) is 15.3. The first-order valence-corrected chi connectivity index (χ1v) is 10.4. The van der Waals surface area contributed by atoms with Crippen molar-refractivity contribution in [3.05, 3.63) is 76.9 Å². The van der Waals surface area contributed by atoms with Gasteiger partial charge in [0.2, 0.25) is 5.91 Å². The van der Waals surface area contributed by atoms with Gasteiger partial charge in [-0.1, -0.05) is 37.1 Å². The largest absolute Gasteiger partial charge is 0.459 e. The van der Waals surface area contributed by atoms with Crippen molar-refractivity contribution in [1.82, 2.24) is 5.32 Å². The molecule has 4 rings (SSSR count). The van der Waals surface area contributed by atoms with E-state index >= 15 is 0 Å². The lowest BCUT2D eigenvalue weighted by Crippen LogP contribution is -2.46. The number of nitrogens with one attached hydrogen (secondary N) is 1. The number of furan rings is 1. The van der Waals surface area contributed by atoms with Gasteiger partial charge >= 0.3 is 0 Å². The van der Waals surface area contributed by atoms with E-state index in [9.17, 15) is 9.59 Å². The van der Waals surface area contributed by atoms with Crippen LogP contribution in [0.1, 0.15) is 47.2 Å². The number of rotatable bonds is 6. The molecule has 144 valence electrons. The second-order valence-electron chi connectivity index (χ2n) is 6.90. The minimum Gasteiger partial charge on any atom is -0.459 e. The lowest BCUT2D eigenvalue weighted by molar-refractivity contribution is -0.123. The van der Waals surface area contributed by atoms with Crippen LogP contribution in [0.5, 0.6) is 0 Å². The summed E-state index contributed by atoms with van der Waals surface area (Å²) in [7, 11) is 0. The highest BCUT2D eigenvalue weighted by Crippen LogP contribution is 2.32. The highest BCUT2D eigenvalue weighted by atomic mass is 32.1. The van der Waals surface area contributed by atoms with Crippen molar-refractivity contribution in [2.24, 2.45) is 0 Å². The summed E-state index contributed by atoms with van der Waals surface area (Å²) in [4.78, 5) is 29.1. The number of nitrogens with zero attached hydrogens (tertiary/aromatic N) is 1. The summed E-state index contributed by atoms with van der Waals surface area (Å²) in [6.07, 6.45) is 5.70. The molecule has 2 aromatic heterocycles. The number of thiophene rings is 1. The zero-order valence-corrected chi connectivity index (χ0v) is 16.2. The van der Waals surface area contributed by atoms with Gasteiger partial charge in [-0.2, -0.15) is 0 Å². The number of para-hydroxylation sites is 1. The zero-order valence-electron chi connectivity index (χ0n) is 15.4. The summed E-state index contributed by atoms with van der Waals surface area (Å²) in [5.41, 5.74) is 0.656. The number of carbonyl (C=O) groups is 2. The number of benzene rings is 1. The summed E-state index contributed by atoms with van der Waals surface area (Å²) in [5.74, 6) is -0.284. The van der Waals surface area contributed by atoms with Crippen LogP contribution in [0.15, 0.2) is 70.7 Å². The highest BCUT2D eigenvalue weighted by Gasteiger charge is 2.36. The third-order valence-electron chi connectivity index (χ3n) is 5.01. The Morgan fingerprint density at radius 2 is 1.82 bits per heavy atom. The van der Waals surface area contributed by atoms with Crippen LogP contribution in [0.4, 0.5) is 5.69 Å². The lowest BCUT2D eigenvalue weighted by atomic mass is 10.1. The quantitative estimate of drug-likeness (QED) is 0.654. The molecule has 5 nitrogen and oxygen atoms in total. The molecule has 1 fully saturated rings. The Morgan fingerprint density at radius 3 is 2.46 bits per heavy atom. The third kappa shape index (κ3) is 3.87. The molecule has 1 aromatic carbocycles. The first-order valence-electron chi connectivity index (χ1n) is 9.50. The summed E-state index contributed by atoms with van der Waals surface area (Å²) in [5, 5.41) is 5.08. The predicted molar refractivity (Wildman–Crippen MR) is 109 cm³/mol. The molecular weight excluding hydrogens is 372 g/mol. The summed E-state index contributed by atoms with van der Waals surface area (Å²) in [6.45, 7) is 0. The van der Waals surface area contributed by atoms with E-state index in [0.717, 1.165) is 30.6 Å². The zero-order chi connectivity index (χ0) is 19.3. The first kappa shape index (κ1) is 18.5. The van der Waals surface area contributed by atoms with Crippen LogP contribution in [0, 0.1) is 0 Å². The molecule has 1 aliphatic rings. The van der Waals surface area contributed by atoms with Gasteiger partial charge in [0.05, 0.1) is 6.26 Å². The van der Waals surface area contributed by atoms with E-state index in [4.69, 9.17) is 4.42 Å². The predicted octanol–water partition coefficient (Wildman–Crippen LogP) is 4.79. The molecule has 1 saturated carbocycles. The van der Waals surface area contributed by atoms with Gasteiger partial charge in [0.15, 0.2) is 11.8 Å². The van der Waals surface area contributed by atoms with Crippen molar-refractivity contribution in [3.8, 4) is 0 Å². The second-order valence-corrected chi connectivity index (χ2v) is 7.88. The van der Waals surface area contributed by atoms with Crippen LogP contribution < -0.4 is 10.2 Å². The maximum atomic E-state index is 13.4. The highest BCUT2D eigenvalue weighted by molar-refractivity contribution is 7.10. The SMILES string of the molecule is O=C(NC1CCCC1)C(c1cccs1)N(C(=O)c1ccco1)c1ccccc1. The van der Waals surface area contributed by atoms with Gasteiger partial charge in [-0.05, 0) is 48.6 Å². The number of amides is 2. The Bertz CT molecular complexity index is 901. The minimum absolute atomic E-state index is 0.155. The Morgan fingerprint density at radius 1 is 1.04 bits per heavy atom.